The third kappa shape index (κ3) is 6.79. The van der Waals surface area contributed by atoms with Crippen LogP contribution >= 0.6 is 11.3 Å². The molecule has 8 heteroatoms. The van der Waals surface area contributed by atoms with E-state index in [-0.39, 0.29) is 36.0 Å². The fourth-order valence-electron chi connectivity index (χ4n) is 1.91. The Bertz CT molecular complexity index is 578. The van der Waals surface area contributed by atoms with Gasteiger partial charge in [0.2, 0.25) is 11.8 Å². The first kappa shape index (κ1) is 19.1. The van der Waals surface area contributed by atoms with Gasteiger partial charge in [-0.15, -0.1) is 11.3 Å². The molecule has 4 N–H and O–H groups in total. The van der Waals surface area contributed by atoms with Gasteiger partial charge in [-0.2, -0.15) is 0 Å². The lowest BCUT2D eigenvalue weighted by Crippen LogP contribution is -2.47. The van der Waals surface area contributed by atoms with Crippen LogP contribution in [0.2, 0.25) is 0 Å². The Morgan fingerprint density at radius 1 is 1.22 bits per heavy atom. The predicted octanol–water partition coefficient (Wildman–Crippen LogP) is 1.02. The van der Waals surface area contributed by atoms with E-state index in [2.05, 4.69) is 10.6 Å². The third-order valence-electron chi connectivity index (χ3n) is 2.88. The number of carbonyl (C=O) groups excluding carboxylic acids is 3. The van der Waals surface area contributed by atoms with Crippen LogP contribution in [0.15, 0.2) is 11.4 Å². The molecule has 0 saturated heterocycles. The summed E-state index contributed by atoms with van der Waals surface area (Å²) in [7, 11) is 0. The largest absolute Gasteiger partial charge is 0.366 e. The molecular formula is C15H24N4O3S. The Balaban J connectivity index is 2.58. The quantitative estimate of drug-likeness (QED) is 0.689. The lowest BCUT2D eigenvalue weighted by Gasteiger charge is -2.24. The van der Waals surface area contributed by atoms with Gasteiger partial charge in [-0.3, -0.25) is 19.3 Å². The van der Waals surface area contributed by atoms with Crippen LogP contribution in [0.25, 0.3) is 0 Å². The Labute approximate surface area is 140 Å². The van der Waals surface area contributed by atoms with Gasteiger partial charge in [0.05, 0.1) is 18.7 Å². The van der Waals surface area contributed by atoms with Crippen LogP contribution in [0, 0.1) is 0 Å². The number of nitrogens with two attached hydrogens (primary N) is 1. The van der Waals surface area contributed by atoms with E-state index in [1.54, 1.807) is 16.3 Å². The fraction of sp³-hybridized carbons (Fsp3) is 0.533. The molecular weight excluding hydrogens is 316 g/mol. The highest BCUT2D eigenvalue weighted by atomic mass is 32.1. The summed E-state index contributed by atoms with van der Waals surface area (Å²) in [5, 5.41) is 7.63. The SMILES string of the molecule is CCN(CC(=O)Nc1sccc1C(N)=O)CC(=O)NC(C)(C)C. The first-order valence-electron chi connectivity index (χ1n) is 7.33. The highest BCUT2D eigenvalue weighted by Crippen LogP contribution is 2.22. The number of primary amides is 1. The maximum atomic E-state index is 12.1. The van der Waals surface area contributed by atoms with Gasteiger partial charge in [-0.1, -0.05) is 6.92 Å². The molecule has 0 aliphatic rings. The maximum absolute atomic E-state index is 12.1. The van der Waals surface area contributed by atoms with Crippen molar-refractivity contribution in [3.63, 3.8) is 0 Å². The van der Waals surface area contributed by atoms with Gasteiger partial charge in [0, 0.05) is 5.54 Å². The smallest absolute Gasteiger partial charge is 0.251 e. The van der Waals surface area contributed by atoms with Crippen molar-refractivity contribution in [2.75, 3.05) is 25.0 Å². The normalized spacial score (nSPS) is 11.3. The molecule has 0 atom stereocenters. The van der Waals surface area contributed by atoms with Crippen molar-refractivity contribution in [1.29, 1.82) is 0 Å². The number of anilines is 1. The molecule has 3 amide bonds. The molecule has 0 radical (unpaired) electrons. The van der Waals surface area contributed by atoms with Gasteiger partial charge >= 0.3 is 0 Å². The van der Waals surface area contributed by atoms with E-state index in [0.717, 1.165) is 0 Å². The Hall–Kier alpha value is -1.93. The van der Waals surface area contributed by atoms with Crippen LogP contribution in [0.3, 0.4) is 0 Å². The molecule has 0 aliphatic heterocycles. The first-order chi connectivity index (χ1) is 10.6. The number of likely N-dealkylation sites (N-methyl/N-ethyl adjacent to an activating group) is 1. The molecule has 1 heterocycles. The summed E-state index contributed by atoms with van der Waals surface area (Å²) in [4.78, 5) is 37.0. The zero-order valence-corrected chi connectivity index (χ0v) is 14.8. The monoisotopic (exact) mass is 340 g/mol. The number of thiophene rings is 1. The number of nitrogens with zero attached hydrogens (tertiary/aromatic N) is 1. The Kier molecular flexibility index (Phi) is 6.71. The highest BCUT2D eigenvalue weighted by molar-refractivity contribution is 7.14. The minimum Gasteiger partial charge on any atom is -0.366 e. The van der Waals surface area contributed by atoms with E-state index in [0.29, 0.717) is 11.5 Å². The lowest BCUT2D eigenvalue weighted by molar-refractivity contribution is -0.124. The van der Waals surface area contributed by atoms with E-state index in [1.165, 1.54) is 11.3 Å². The molecule has 1 rings (SSSR count). The van der Waals surface area contributed by atoms with Crippen molar-refractivity contribution in [3.8, 4) is 0 Å². The minimum atomic E-state index is -0.585. The molecule has 0 unspecified atom stereocenters. The molecule has 0 fully saturated rings. The van der Waals surface area contributed by atoms with Crippen molar-refractivity contribution in [1.82, 2.24) is 10.2 Å². The summed E-state index contributed by atoms with van der Waals surface area (Å²) in [6, 6.07) is 1.57. The highest BCUT2D eigenvalue weighted by Gasteiger charge is 2.19. The average Bonchev–Trinajstić information content (AvgIpc) is 2.83. The van der Waals surface area contributed by atoms with Crippen LogP contribution in [-0.2, 0) is 9.59 Å². The minimum absolute atomic E-state index is 0.0597. The van der Waals surface area contributed by atoms with Gasteiger partial charge < -0.3 is 16.4 Å². The van der Waals surface area contributed by atoms with Crippen molar-refractivity contribution >= 4 is 34.1 Å². The summed E-state index contributed by atoms with van der Waals surface area (Å²) < 4.78 is 0. The van der Waals surface area contributed by atoms with Crippen molar-refractivity contribution in [2.24, 2.45) is 5.73 Å². The van der Waals surface area contributed by atoms with Crippen LogP contribution in [-0.4, -0.2) is 47.8 Å². The maximum Gasteiger partial charge on any atom is 0.251 e. The number of rotatable bonds is 7. The molecule has 0 aromatic carbocycles. The summed E-state index contributed by atoms with van der Waals surface area (Å²) in [6.07, 6.45) is 0. The van der Waals surface area contributed by atoms with E-state index in [1.807, 2.05) is 27.7 Å². The summed E-state index contributed by atoms with van der Waals surface area (Å²) in [5.74, 6) is -1.01. The molecule has 0 spiro atoms. The van der Waals surface area contributed by atoms with Crippen LogP contribution in [0.5, 0.6) is 0 Å². The third-order valence-corrected chi connectivity index (χ3v) is 3.71. The fourth-order valence-corrected chi connectivity index (χ4v) is 2.72. The number of amides is 3. The number of hydrogen-bond donors (Lipinski definition) is 3. The van der Waals surface area contributed by atoms with E-state index < -0.39 is 5.91 Å². The number of hydrogen-bond acceptors (Lipinski definition) is 5. The topological polar surface area (TPSA) is 105 Å². The van der Waals surface area contributed by atoms with Crippen molar-refractivity contribution in [2.45, 2.75) is 33.2 Å². The second-order valence-corrected chi connectivity index (χ2v) is 7.09. The molecule has 7 nitrogen and oxygen atoms in total. The average molecular weight is 340 g/mol. The molecule has 1 aromatic heterocycles. The van der Waals surface area contributed by atoms with Crippen LogP contribution in [0.4, 0.5) is 5.00 Å². The Morgan fingerprint density at radius 2 is 1.83 bits per heavy atom. The zero-order valence-electron chi connectivity index (χ0n) is 13.9. The van der Waals surface area contributed by atoms with Gasteiger partial charge in [0.15, 0.2) is 0 Å². The Morgan fingerprint density at radius 3 is 2.35 bits per heavy atom. The van der Waals surface area contributed by atoms with Gasteiger partial charge in [-0.05, 0) is 38.8 Å². The van der Waals surface area contributed by atoms with E-state index in [4.69, 9.17) is 5.73 Å². The van der Waals surface area contributed by atoms with Gasteiger partial charge in [0.25, 0.3) is 5.91 Å². The standard InChI is InChI=1S/C15H24N4O3S/c1-5-19(9-12(21)18-15(2,3)4)8-11(20)17-14-10(13(16)22)6-7-23-14/h6-7H,5,8-9H2,1-4H3,(H2,16,22)(H,17,20)(H,18,21). The predicted molar refractivity (Wildman–Crippen MR) is 91.5 cm³/mol. The first-order valence-corrected chi connectivity index (χ1v) is 8.21. The molecule has 0 saturated carbocycles. The molecule has 128 valence electrons. The van der Waals surface area contributed by atoms with E-state index >= 15 is 0 Å². The van der Waals surface area contributed by atoms with Crippen LogP contribution < -0.4 is 16.4 Å². The zero-order chi connectivity index (χ0) is 17.6. The van der Waals surface area contributed by atoms with Crippen molar-refractivity contribution < 1.29 is 14.4 Å². The van der Waals surface area contributed by atoms with Crippen molar-refractivity contribution in [3.05, 3.63) is 17.0 Å². The molecule has 0 bridgehead atoms. The second-order valence-electron chi connectivity index (χ2n) is 6.18. The summed E-state index contributed by atoms with van der Waals surface area (Å²) in [6.45, 7) is 8.32. The molecule has 1 aromatic rings. The number of nitrogens with one attached hydrogen (secondary N) is 2. The molecule has 23 heavy (non-hydrogen) atoms. The van der Waals surface area contributed by atoms with Gasteiger partial charge in [-0.25, -0.2) is 0 Å². The number of carbonyl (C=O) groups is 3. The van der Waals surface area contributed by atoms with E-state index in [9.17, 15) is 14.4 Å². The lowest BCUT2D eigenvalue weighted by atomic mass is 10.1. The summed E-state index contributed by atoms with van der Waals surface area (Å²) in [5.41, 5.74) is 5.22. The molecule has 0 aliphatic carbocycles. The van der Waals surface area contributed by atoms with Crippen LogP contribution in [0.1, 0.15) is 38.1 Å². The summed E-state index contributed by atoms with van der Waals surface area (Å²) >= 11 is 1.23. The van der Waals surface area contributed by atoms with Gasteiger partial charge in [0.1, 0.15) is 5.00 Å². The second kappa shape index (κ2) is 8.07.